The van der Waals surface area contributed by atoms with Gasteiger partial charge in [0, 0.05) is 32.0 Å². The van der Waals surface area contributed by atoms with Crippen molar-refractivity contribution < 1.29 is 14.2 Å². The minimum atomic E-state index is -0.991. The number of para-hydroxylation sites is 1. The molecule has 6 nitrogen and oxygen atoms in total. The molecule has 1 saturated heterocycles. The maximum Gasteiger partial charge on any atom is 0.270 e. The molecule has 2 heterocycles. The molecule has 1 aromatic carbocycles. The number of halogens is 1. The summed E-state index contributed by atoms with van der Waals surface area (Å²) in [6.45, 7) is 1.73. The first kappa shape index (κ1) is 16.6. The van der Waals surface area contributed by atoms with Crippen LogP contribution in [0.5, 0.6) is 5.75 Å². The molecule has 0 bridgehead atoms. The molecule has 2 N–H and O–H groups in total. The van der Waals surface area contributed by atoms with E-state index in [1.165, 1.54) is 12.3 Å². The quantitative estimate of drug-likeness (QED) is 0.863. The van der Waals surface area contributed by atoms with Crippen LogP contribution < -0.4 is 10.3 Å². The van der Waals surface area contributed by atoms with Gasteiger partial charge in [-0.25, -0.2) is 4.39 Å². The zero-order valence-corrected chi connectivity index (χ0v) is 13.2. The Hall–Kier alpha value is -2.25. The van der Waals surface area contributed by atoms with Crippen LogP contribution in [0.4, 0.5) is 4.39 Å². The highest BCUT2D eigenvalue weighted by atomic mass is 19.1. The number of H-pyrrole nitrogens is 1. The van der Waals surface area contributed by atoms with Gasteiger partial charge in [-0.2, -0.15) is 0 Å². The number of hydrogen-bond acceptors (Lipinski definition) is 5. The lowest BCUT2D eigenvalue weighted by Gasteiger charge is -2.37. The van der Waals surface area contributed by atoms with Gasteiger partial charge >= 0.3 is 0 Å². The third kappa shape index (κ3) is 3.98. The van der Waals surface area contributed by atoms with Crippen LogP contribution in [0.1, 0.15) is 18.5 Å². The van der Waals surface area contributed by atoms with Crippen molar-refractivity contribution in [2.45, 2.75) is 25.0 Å². The van der Waals surface area contributed by atoms with Crippen LogP contribution in [0.2, 0.25) is 0 Å². The highest BCUT2D eigenvalue weighted by Crippen LogP contribution is 2.25. The smallest absolute Gasteiger partial charge is 0.270 e. The van der Waals surface area contributed by atoms with Crippen molar-refractivity contribution in [1.82, 2.24) is 14.9 Å². The summed E-state index contributed by atoms with van der Waals surface area (Å²) in [5.41, 5.74) is -0.721. The van der Waals surface area contributed by atoms with Gasteiger partial charge in [-0.15, -0.1) is 0 Å². The molecule has 1 aliphatic rings. The van der Waals surface area contributed by atoms with Gasteiger partial charge in [-0.1, -0.05) is 12.1 Å². The third-order valence-corrected chi connectivity index (χ3v) is 4.27. The molecule has 7 heteroatoms. The van der Waals surface area contributed by atoms with Crippen LogP contribution in [-0.2, 0) is 6.54 Å². The minimum absolute atomic E-state index is 0.0476. The van der Waals surface area contributed by atoms with E-state index in [1.807, 2.05) is 0 Å². The standard InChI is InChI=1S/C17H20FN3O3/c18-13-3-1-2-4-15(13)24-12-17(23)5-9-21(10-6-17)11-14-16(22)20-8-7-19-14/h1-4,7-8,23H,5-6,9-12H2,(H,20,22). The van der Waals surface area contributed by atoms with Crippen LogP contribution in [-0.4, -0.2) is 45.3 Å². The largest absolute Gasteiger partial charge is 0.488 e. The first-order chi connectivity index (χ1) is 11.6. The van der Waals surface area contributed by atoms with E-state index in [4.69, 9.17) is 4.74 Å². The zero-order valence-electron chi connectivity index (χ0n) is 13.2. The summed E-state index contributed by atoms with van der Waals surface area (Å²) < 4.78 is 19.0. The van der Waals surface area contributed by atoms with Gasteiger partial charge in [0.25, 0.3) is 5.56 Å². The maximum absolute atomic E-state index is 13.6. The van der Waals surface area contributed by atoms with Crippen molar-refractivity contribution >= 4 is 0 Å². The molecule has 0 aliphatic carbocycles. The second kappa shape index (κ2) is 7.11. The number of piperidine rings is 1. The average Bonchev–Trinajstić information content (AvgIpc) is 2.58. The monoisotopic (exact) mass is 333 g/mol. The number of aliphatic hydroxyl groups is 1. The number of likely N-dealkylation sites (tertiary alicyclic amines) is 1. The van der Waals surface area contributed by atoms with Crippen molar-refractivity contribution in [3.63, 3.8) is 0 Å². The zero-order chi connectivity index (χ0) is 17.0. The van der Waals surface area contributed by atoms with Crippen LogP contribution in [0.25, 0.3) is 0 Å². The summed E-state index contributed by atoms with van der Waals surface area (Å²) in [7, 11) is 0. The third-order valence-electron chi connectivity index (χ3n) is 4.27. The summed E-state index contributed by atoms with van der Waals surface area (Å²) in [6.07, 6.45) is 4.04. The molecular weight excluding hydrogens is 313 g/mol. The maximum atomic E-state index is 13.6. The fourth-order valence-corrected chi connectivity index (χ4v) is 2.75. The SMILES string of the molecule is O=c1[nH]ccnc1CN1CCC(O)(COc2ccccc2F)CC1. The number of rotatable bonds is 5. The van der Waals surface area contributed by atoms with Gasteiger partial charge in [-0.05, 0) is 25.0 Å². The van der Waals surface area contributed by atoms with Crippen LogP contribution >= 0.6 is 0 Å². The summed E-state index contributed by atoms with van der Waals surface area (Å²) in [5.74, 6) is -0.290. The second-order valence-corrected chi connectivity index (χ2v) is 6.08. The molecule has 1 aliphatic heterocycles. The van der Waals surface area contributed by atoms with Crippen molar-refractivity contribution in [3.05, 3.63) is 58.5 Å². The molecule has 1 aromatic heterocycles. The fourth-order valence-electron chi connectivity index (χ4n) is 2.75. The molecular formula is C17H20FN3O3. The lowest BCUT2D eigenvalue weighted by Crippen LogP contribution is -2.48. The van der Waals surface area contributed by atoms with Gasteiger partial charge in [0.05, 0.1) is 0 Å². The number of ether oxygens (including phenoxy) is 1. The molecule has 3 rings (SSSR count). The van der Waals surface area contributed by atoms with E-state index in [1.54, 1.807) is 24.4 Å². The second-order valence-electron chi connectivity index (χ2n) is 6.08. The number of aromatic amines is 1. The lowest BCUT2D eigenvalue weighted by atomic mass is 9.92. The van der Waals surface area contributed by atoms with Crippen LogP contribution in [0.15, 0.2) is 41.5 Å². The van der Waals surface area contributed by atoms with Crippen LogP contribution in [0.3, 0.4) is 0 Å². The molecule has 1 fully saturated rings. The molecule has 0 saturated carbocycles. The number of nitrogens with zero attached hydrogens (tertiary/aromatic N) is 2. The molecule has 0 unspecified atom stereocenters. The van der Waals surface area contributed by atoms with Crippen molar-refractivity contribution in [3.8, 4) is 5.75 Å². The first-order valence-corrected chi connectivity index (χ1v) is 7.90. The first-order valence-electron chi connectivity index (χ1n) is 7.90. The van der Waals surface area contributed by atoms with E-state index >= 15 is 0 Å². The van der Waals surface area contributed by atoms with Crippen molar-refractivity contribution in [2.75, 3.05) is 19.7 Å². The van der Waals surface area contributed by atoms with Gasteiger partial charge in [0.1, 0.15) is 17.9 Å². The molecule has 0 spiro atoms. The highest BCUT2D eigenvalue weighted by molar-refractivity contribution is 5.23. The predicted molar refractivity (Wildman–Crippen MR) is 86.2 cm³/mol. The summed E-state index contributed by atoms with van der Waals surface area (Å²) >= 11 is 0. The number of nitrogens with one attached hydrogen (secondary N) is 1. The lowest BCUT2D eigenvalue weighted by molar-refractivity contribution is -0.0545. The molecule has 0 amide bonds. The van der Waals surface area contributed by atoms with E-state index in [9.17, 15) is 14.3 Å². The van der Waals surface area contributed by atoms with Crippen molar-refractivity contribution in [1.29, 1.82) is 0 Å². The molecule has 24 heavy (non-hydrogen) atoms. The molecule has 0 radical (unpaired) electrons. The Balaban J connectivity index is 1.53. The number of aromatic nitrogens is 2. The predicted octanol–water partition coefficient (Wildman–Crippen LogP) is 1.31. The van der Waals surface area contributed by atoms with E-state index in [0.717, 1.165) is 0 Å². The van der Waals surface area contributed by atoms with Crippen molar-refractivity contribution in [2.24, 2.45) is 0 Å². The Kier molecular flexibility index (Phi) is 4.92. The Morgan fingerprint density at radius 1 is 1.33 bits per heavy atom. The van der Waals surface area contributed by atoms with E-state index in [0.29, 0.717) is 38.2 Å². The van der Waals surface area contributed by atoms with Gasteiger partial charge < -0.3 is 14.8 Å². The molecule has 0 atom stereocenters. The van der Waals surface area contributed by atoms with Crippen LogP contribution in [0, 0.1) is 5.82 Å². The normalized spacial score (nSPS) is 17.6. The summed E-state index contributed by atoms with van der Waals surface area (Å²) in [5, 5.41) is 10.6. The molecule has 128 valence electrons. The number of hydrogen-bond donors (Lipinski definition) is 2. The summed E-state index contributed by atoms with van der Waals surface area (Å²) in [6, 6.07) is 6.15. The van der Waals surface area contributed by atoms with Gasteiger partial charge in [0.2, 0.25) is 0 Å². The highest BCUT2D eigenvalue weighted by Gasteiger charge is 2.33. The topological polar surface area (TPSA) is 78.5 Å². The summed E-state index contributed by atoms with van der Waals surface area (Å²) in [4.78, 5) is 20.4. The fraction of sp³-hybridized carbons (Fsp3) is 0.412. The van der Waals surface area contributed by atoms with Gasteiger partial charge in [0.15, 0.2) is 11.6 Å². The van der Waals surface area contributed by atoms with Gasteiger partial charge in [-0.3, -0.25) is 14.7 Å². The Morgan fingerprint density at radius 3 is 2.79 bits per heavy atom. The van der Waals surface area contributed by atoms with E-state index in [2.05, 4.69) is 14.9 Å². The van der Waals surface area contributed by atoms with E-state index in [-0.39, 0.29) is 17.9 Å². The Labute approximate surface area is 138 Å². The molecule has 2 aromatic rings. The minimum Gasteiger partial charge on any atom is -0.488 e. The number of benzene rings is 1. The Bertz CT molecular complexity index is 742. The van der Waals surface area contributed by atoms with E-state index < -0.39 is 11.4 Å². The Morgan fingerprint density at radius 2 is 2.08 bits per heavy atom. The average molecular weight is 333 g/mol.